The molecule has 18 heavy (non-hydrogen) atoms. The van der Waals surface area contributed by atoms with Crippen molar-refractivity contribution in [1.82, 2.24) is 4.98 Å². The average Bonchev–Trinajstić information content (AvgIpc) is 2.81. The monoisotopic (exact) mass is 256 g/mol. The highest BCUT2D eigenvalue weighted by molar-refractivity contribution is 6.30. The zero-order chi connectivity index (χ0) is 12.5. The standard InChI is InChI=1S/C15H13ClN2/c16-13-3-1-2-11(7-13)15-8-12-6-10(9-17)4-5-14(12)18-15/h1-8,18H,9,17H2. The number of fused-ring (bicyclic) bond motifs is 1. The van der Waals surface area contributed by atoms with Gasteiger partial charge in [-0.05, 0) is 41.5 Å². The Balaban J connectivity index is 2.13. The van der Waals surface area contributed by atoms with Crippen LogP contribution in [0.1, 0.15) is 5.56 Å². The number of hydrogen-bond donors (Lipinski definition) is 2. The van der Waals surface area contributed by atoms with Crippen molar-refractivity contribution in [3.63, 3.8) is 0 Å². The van der Waals surface area contributed by atoms with Gasteiger partial charge in [0.15, 0.2) is 0 Å². The van der Waals surface area contributed by atoms with E-state index in [9.17, 15) is 0 Å². The van der Waals surface area contributed by atoms with Crippen LogP contribution in [0.4, 0.5) is 0 Å². The first kappa shape index (κ1) is 11.3. The van der Waals surface area contributed by atoms with E-state index < -0.39 is 0 Å². The molecule has 2 aromatic carbocycles. The summed E-state index contributed by atoms with van der Waals surface area (Å²) in [6.07, 6.45) is 0. The smallest absolute Gasteiger partial charge is 0.0465 e. The fourth-order valence-electron chi connectivity index (χ4n) is 2.12. The molecule has 3 aromatic rings. The lowest BCUT2D eigenvalue weighted by molar-refractivity contribution is 1.08. The number of halogens is 1. The summed E-state index contributed by atoms with van der Waals surface area (Å²) in [5.74, 6) is 0. The lowest BCUT2D eigenvalue weighted by atomic mass is 10.1. The maximum Gasteiger partial charge on any atom is 0.0465 e. The quantitative estimate of drug-likeness (QED) is 0.716. The Morgan fingerprint density at radius 3 is 2.72 bits per heavy atom. The van der Waals surface area contributed by atoms with Crippen molar-refractivity contribution in [3.05, 3.63) is 59.1 Å². The van der Waals surface area contributed by atoms with Gasteiger partial charge in [-0.3, -0.25) is 0 Å². The van der Waals surface area contributed by atoms with Gasteiger partial charge in [0.25, 0.3) is 0 Å². The van der Waals surface area contributed by atoms with Crippen molar-refractivity contribution in [2.24, 2.45) is 5.73 Å². The van der Waals surface area contributed by atoms with Crippen LogP contribution in [-0.2, 0) is 6.54 Å². The largest absolute Gasteiger partial charge is 0.355 e. The molecule has 0 saturated carbocycles. The number of rotatable bonds is 2. The highest BCUT2D eigenvalue weighted by atomic mass is 35.5. The number of H-pyrrole nitrogens is 1. The summed E-state index contributed by atoms with van der Waals surface area (Å²) in [7, 11) is 0. The summed E-state index contributed by atoms with van der Waals surface area (Å²) in [6.45, 7) is 0.563. The minimum absolute atomic E-state index is 0.563. The molecule has 0 saturated heterocycles. The van der Waals surface area contributed by atoms with Crippen LogP contribution in [-0.4, -0.2) is 4.98 Å². The van der Waals surface area contributed by atoms with Crippen LogP contribution in [0.5, 0.6) is 0 Å². The molecule has 3 N–H and O–H groups in total. The third-order valence-corrected chi connectivity index (χ3v) is 3.29. The van der Waals surface area contributed by atoms with Gasteiger partial charge in [0.05, 0.1) is 0 Å². The highest BCUT2D eigenvalue weighted by Crippen LogP contribution is 2.26. The van der Waals surface area contributed by atoms with Crippen LogP contribution in [0.3, 0.4) is 0 Å². The van der Waals surface area contributed by atoms with Crippen molar-refractivity contribution in [3.8, 4) is 11.3 Å². The van der Waals surface area contributed by atoms with Crippen molar-refractivity contribution in [1.29, 1.82) is 0 Å². The molecule has 0 spiro atoms. The molecule has 0 radical (unpaired) electrons. The van der Waals surface area contributed by atoms with E-state index in [4.69, 9.17) is 17.3 Å². The second-order valence-electron chi connectivity index (χ2n) is 4.32. The van der Waals surface area contributed by atoms with Gasteiger partial charge in [-0.1, -0.05) is 29.8 Å². The lowest BCUT2D eigenvalue weighted by Gasteiger charge is -1.97. The predicted octanol–water partition coefficient (Wildman–Crippen LogP) is 3.95. The Labute approximate surface area is 110 Å². The Morgan fingerprint density at radius 1 is 1.06 bits per heavy atom. The second kappa shape index (κ2) is 4.48. The predicted molar refractivity (Wildman–Crippen MR) is 76.6 cm³/mol. The minimum Gasteiger partial charge on any atom is -0.355 e. The van der Waals surface area contributed by atoms with Gasteiger partial charge in [0, 0.05) is 28.2 Å². The first-order chi connectivity index (χ1) is 8.76. The van der Waals surface area contributed by atoms with Gasteiger partial charge >= 0.3 is 0 Å². The maximum atomic E-state index is 6.01. The van der Waals surface area contributed by atoms with Crippen LogP contribution in [0.25, 0.3) is 22.2 Å². The molecule has 2 nitrogen and oxygen atoms in total. The maximum absolute atomic E-state index is 6.01. The summed E-state index contributed by atoms with van der Waals surface area (Å²) >= 11 is 6.01. The van der Waals surface area contributed by atoms with Crippen LogP contribution in [0.15, 0.2) is 48.5 Å². The van der Waals surface area contributed by atoms with E-state index in [-0.39, 0.29) is 0 Å². The third-order valence-electron chi connectivity index (χ3n) is 3.06. The number of aromatic amines is 1. The molecule has 1 heterocycles. The summed E-state index contributed by atoms with van der Waals surface area (Å²) in [5, 5.41) is 1.92. The number of hydrogen-bond acceptors (Lipinski definition) is 1. The van der Waals surface area contributed by atoms with Gasteiger partial charge in [-0.2, -0.15) is 0 Å². The zero-order valence-corrected chi connectivity index (χ0v) is 10.5. The topological polar surface area (TPSA) is 41.8 Å². The molecule has 0 amide bonds. The molecular formula is C15H13ClN2. The van der Waals surface area contributed by atoms with Gasteiger partial charge in [0.1, 0.15) is 0 Å². The Bertz CT molecular complexity index is 701. The van der Waals surface area contributed by atoms with Gasteiger partial charge in [-0.25, -0.2) is 0 Å². The Morgan fingerprint density at radius 2 is 1.94 bits per heavy atom. The molecule has 0 unspecified atom stereocenters. The van der Waals surface area contributed by atoms with Crippen LogP contribution in [0.2, 0.25) is 5.02 Å². The van der Waals surface area contributed by atoms with E-state index in [1.165, 1.54) is 5.39 Å². The number of aromatic nitrogens is 1. The van der Waals surface area contributed by atoms with Crippen molar-refractivity contribution in [2.75, 3.05) is 0 Å². The van der Waals surface area contributed by atoms with Crippen LogP contribution < -0.4 is 5.73 Å². The molecule has 3 heteroatoms. The Kier molecular flexibility index (Phi) is 2.82. The molecule has 3 rings (SSSR count). The second-order valence-corrected chi connectivity index (χ2v) is 4.76. The summed E-state index contributed by atoms with van der Waals surface area (Å²) in [6, 6.07) is 16.2. The fourth-order valence-corrected chi connectivity index (χ4v) is 2.31. The first-order valence-electron chi connectivity index (χ1n) is 5.84. The molecular weight excluding hydrogens is 244 g/mol. The number of nitrogens with two attached hydrogens (primary N) is 1. The van der Waals surface area contributed by atoms with Crippen molar-refractivity contribution < 1.29 is 0 Å². The average molecular weight is 257 g/mol. The van der Waals surface area contributed by atoms with E-state index in [1.54, 1.807) is 0 Å². The highest BCUT2D eigenvalue weighted by Gasteiger charge is 2.04. The first-order valence-corrected chi connectivity index (χ1v) is 6.22. The van der Waals surface area contributed by atoms with E-state index in [0.29, 0.717) is 6.54 Å². The molecule has 0 fully saturated rings. The van der Waals surface area contributed by atoms with E-state index in [2.05, 4.69) is 23.2 Å². The van der Waals surface area contributed by atoms with E-state index in [1.807, 2.05) is 30.3 Å². The molecule has 90 valence electrons. The minimum atomic E-state index is 0.563. The zero-order valence-electron chi connectivity index (χ0n) is 9.78. The van der Waals surface area contributed by atoms with E-state index >= 15 is 0 Å². The molecule has 1 aromatic heterocycles. The van der Waals surface area contributed by atoms with E-state index in [0.717, 1.165) is 27.4 Å². The van der Waals surface area contributed by atoms with Gasteiger partial charge in [0.2, 0.25) is 0 Å². The summed E-state index contributed by atoms with van der Waals surface area (Å²) < 4.78 is 0. The van der Waals surface area contributed by atoms with Crippen LogP contribution in [0, 0.1) is 0 Å². The lowest BCUT2D eigenvalue weighted by Crippen LogP contribution is -1.94. The van der Waals surface area contributed by atoms with Crippen molar-refractivity contribution in [2.45, 2.75) is 6.54 Å². The summed E-state index contributed by atoms with van der Waals surface area (Å²) in [5.41, 5.74) is 10.1. The number of benzene rings is 2. The molecule has 0 bridgehead atoms. The normalized spacial score (nSPS) is 11.0. The number of nitrogens with one attached hydrogen (secondary N) is 1. The fraction of sp³-hybridized carbons (Fsp3) is 0.0667. The van der Waals surface area contributed by atoms with Crippen molar-refractivity contribution >= 4 is 22.5 Å². The SMILES string of the molecule is NCc1ccc2[nH]c(-c3cccc(Cl)c3)cc2c1. The third kappa shape index (κ3) is 2.01. The van der Waals surface area contributed by atoms with Gasteiger partial charge in [-0.15, -0.1) is 0 Å². The van der Waals surface area contributed by atoms with Crippen LogP contribution >= 0.6 is 11.6 Å². The Hall–Kier alpha value is -1.77. The molecule has 0 aliphatic rings. The molecule has 0 aliphatic heterocycles. The molecule has 0 atom stereocenters. The van der Waals surface area contributed by atoms with Gasteiger partial charge < -0.3 is 10.7 Å². The summed E-state index contributed by atoms with van der Waals surface area (Å²) in [4.78, 5) is 3.39. The molecule has 0 aliphatic carbocycles.